The highest BCUT2D eigenvalue weighted by Gasteiger charge is 1.99. The van der Waals surface area contributed by atoms with Crippen molar-refractivity contribution in [1.29, 1.82) is 0 Å². The molecule has 0 aliphatic rings. The van der Waals surface area contributed by atoms with Crippen LogP contribution in [0.1, 0.15) is 0 Å². The molecule has 0 bridgehead atoms. The van der Waals surface area contributed by atoms with E-state index in [0.717, 1.165) is 0 Å². The maximum atomic E-state index is 4.78. The van der Waals surface area contributed by atoms with E-state index in [1.165, 1.54) is 7.11 Å². The first-order chi connectivity index (χ1) is 3.31. The van der Waals surface area contributed by atoms with Crippen molar-refractivity contribution < 1.29 is 13.9 Å². The van der Waals surface area contributed by atoms with E-state index in [4.69, 9.17) is 4.43 Å². The Morgan fingerprint density at radius 1 is 1.29 bits per heavy atom. The van der Waals surface area contributed by atoms with Crippen LogP contribution in [0.3, 0.4) is 0 Å². The Morgan fingerprint density at radius 3 is 2.00 bits per heavy atom. The predicted octanol–water partition coefficient (Wildman–Crippen LogP) is 0.0611. The van der Waals surface area contributed by atoms with E-state index in [9.17, 15) is 0 Å². The molecule has 0 aliphatic carbocycles. The molecule has 44 valence electrons. The fourth-order valence-corrected chi connectivity index (χ4v) is 0.524. The molecule has 0 rings (SSSR count). The van der Waals surface area contributed by atoms with Crippen molar-refractivity contribution in [2.24, 2.45) is 0 Å². The molecule has 0 aromatic heterocycles. The minimum atomic E-state index is -1.40. The average molecular weight is 122 g/mol. The van der Waals surface area contributed by atoms with Gasteiger partial charge in [-0.25, -0.2) is 4.89 Å². The quantitative estimate of drug-likeness (QED) is 0.301. The average Bonchev–Trinajstić information content (AvgIpc) is 1.68. The molecule has 0 aromatic carbocycles. The smallest absolute Gasteiger partial charge is 0.356 e. The van der Waals surface area contributed by atoms with Gasteiger partial charge in [0.25, 0.3) is 0 Å². The van der Waals surface area contributed by atoms with Crippen molar-refractivity contribution in [3.63, 3.8) is 0 Å². The monoisotopic (exact) mass is 122 g/mol. The summed E-state index contributed by atoms with van der Waals surface area (Å²) in [5.74, 6) is 0. The molecule has 0 heterocycles. The van der Waals surface area contributed by atoms with Gasteiger partial charge in [0.2, 0.25) is 0 Å². The Bertz CT molecular complexity index is 41.2. The van der Waals surface area contributed by atoms with Crippen LogP contribution in [0, 0.1) is 0 Å². The number of hydrogen-bond acceptors (Lipinski definition) is 3. The van der Waals surface area contributed by atoms with Gasteiger partial charge in [-0.2, -0.15) is 0 Å². The van der Waals surface area contributed by atoms with Crippen LogP contribution in [0.25, 0.3) is 0 Å². The summed E-state index contributed by atoms with van der Waals surface area (Å²) in [5, 5.41) is 0. The Labute approximate surface area is 45.0 Å². The number of rotatable bonds is 3. The Hall–Kier alpha value is 0.0969. The van der Waals surface area contributed by atoms with Gasteiger partial charge in [-0.1, -0.05) is 0 Å². The third-order valence-corrected chi connectivity index (χ3v) is 1.69. The normalized spacial score (nSPS) is 14.1. The van der Waals surface area contributed by atoms with Crippen LogP contribution < -0.4 is 0 Å². The molecule has 0 aromatic rings. The summed E-state index contributed by atoms with van der Waals surface area (Å²) in [6, 6.07) is 0. The van der Waals surface area contributed by atoms with Crippen LogP contribution in [0.2, 0.25) is 6.55 Å². The van der Waals surface area contributed by atoms with Gasteiger partial charge < -0.3 is 4.43 Å². The minimum absolute atomic E-state index is 1.40. The van der Waals surface area contributed by atoms with E-state index in [1.54, 1.807) is 7.11 Å². The Kier molecular flexibility index (Phi) is 4.32. The van der Waals surface area contributed by atoms with Gasteiger partial charge in [-0.3, -0.25) is 4.58 Å². The summed E-state index contributed by atoms with van der Waals surface area (Å²) >= 11 is 0. The molecule has 0 N–H and O–H groups in total. The van der Waals surface area contributed by atoms with Crippen LogP contribution in [-0.2, 0) is 13.9 Å². The standard InChI is InChI=1S/C3H10O3Si/c1-4-6-7(3)5-2/h7H,1-3H3. The fraction of sp³-hybridized carbons (Fsp3) is 1.00. The summed E-state index contributed by atoms with van der Waals surface area (Å²) in [5.41, 5.74) is 0. The first kappa shape index (κ1) is 7.10. The Morgan fingerprint density at radius 2 is 1.86 bits per heavy atom. The molecule has 1 unspecified atom stereocenters. The van der Waals surface area contributed by atoms with Crippen LogP contribution in [0.4, 0.5) is 0 Å². The summed E-state index contributed by atoms with van der Waals surface area (Å²) in [7, 11) is 1.68. The first-order valence-electron chi connectivity index (χ1n) is 2.03. The van der Waals surface area contributed by atoms with E-state index in [1.807, 2.05) is 6.55 Å². The van der Waals surface area contributed by atoms with E-state index in [0.29, 0.717) is 0 Å². The molecule has 0 saturated carbocycles. The van der Waals surface area contributed by atoms with Crippen LogP contribution in [0.5, 0.6) is 0 Å². The van der Waals surface area contributed by atoms with Gasteiger partial charge in [0.1, 0.15) is 0 Å². The zero-order valence-electron chi connectivity index (χ0n) is 4.80. The van der Waals surface area contributed by atoms with Crippen LogP contribution >= 0.6 is 0 Å². The molecular weight excluding hydrogens is 112 g/mol. The van der Waals surface area contributed by atoms with Gasteiger partial charge in [-0.15, -0.1) is 0 Å². The third kappa shape index (κ3) is 3.94. The van der Waals surface area contributed by atoms with Crippen molar-refractivity contribution in [1.82, 2.24) is 0 Å². The largest absolute Gasteiger partial charge is 0.398 e. The third-order valence-electron chi connectivity index (χ3n) is 0.564. The first-order valence-corrected chi connectivity index (χ1v) is 4.13. The SMILES string of the molecule is COO[SiH](C)OC. The van der Waals surface area contributed by atoms with Gasteiger partial charge in [-0.05, 0) is 6.55 Å². The van der Waals surface area contributed by atoms with Gasteiger partial charge >= 0.3 is 9.28 Å². The second kappa shape index (κ2) is 4.26. The molecular formula is C3H10O3Si. The lowest BCUT2D eigenvalue weighted by molar-refractivity contribution is -0.196. The molecule has 0 spiro atoms. The maximum Gasteiger partial charge on any atom is 0.356 e. The van der Waals surface area contributed by atoms with Crippen molar-refractivity contribution >= 4 is 9.28 Å². The van der Waals surface area contributed by atoms with Crippen LogP contribution in [-0.4, -0.2) is 23.5 Å². The van der Waals surface area contributed by atoms with Gasteiger partial charge in [0, 0.05) is 7.11 Å². The van der Waals surface area contributed by atoms with Crippen molar-refractivity contribution in [3.05, 3.63) is 0 Å². The minimum Gasteiger partial charge on any atom is -0.398 e. The topological polar surface area (TPSA) is 27.7 Å². The van der Waals surface area contributed by atoms with E-state index in [2.05, 4.69) is 9.46 Å². The van der Waals surface area contributed by atoms with Crippen molar-refractivity contribution in [2.45, 2.75) is 6.55 Å². The molecule has 0 saturated heterocycles. The summed E-state index contributed by atoms with van der Waals surface area (Å²) < 4.78 is 9.39. The molecule has 0 radical (unpaired) electrons. The maximum absolute atomic E-state index is 4.78. The molecule has 0 fully saturated rings. The molecule has 3 nitrogen and oxygen atoms in total. The predicted molar refractivity (Wildman–Crippen MR) is 28.1 cm³/mol. The molecule has 1 atom stereocenters. The highest BCUT2D eigenvalue weighted by Crippen LogP contribution is 1.82. The molecule has 7 heavy (non-hydrogen) atoms. The fourth-order valence-electron chi connectivity index (χ4n) is 0.175. The van der Waals surface area contributed by atoms with Gasteiger partial charge in [0.05, 0.1) is 7.11 Å². The van der Waals surface area contributed by atoms with Gasteiger partial charge in [0.15, 0.2) is 0 Å². The van der Waals surface area contributed by atoms with Crippen LogP contribution in [0.15, 0.2) is 0 Å². The lowest BCUT2D eigenvalue weighted by Crippen LogP contribution is -2.14. The van der Waals surface area contributed by atoms with E-state index in [-0.39, 0.29) is 0 Å². The molecule has 4 heteroatoms. The summed E-state index contributed by atoms with van der Waals surface area (Å²) in [6.07, 6.45) is 0. The van der Waals surface area contributed by atoms with E-state index < -0.39 is 9.28 Å². The van der Waals surface area contributed by atoms with E-state index >= 15 is 0 Å². The molecule has 0 aliphatic heterocycles. The highest BCUT2D eigenvalue weighted by atomic mass is 28.3. The Balaban J connectivity index is 2.83. The zero-order chi connectivity index (χ0) is 5.70. The lowest BCUT2D eigenvalue weighted by Gasteiger charge is -2.02. The second-order valence-corrected chi connectivity index (χ2v) is 2.87. The zero-order valence-corrected chi connectivity index (χ0v) is 5.96. The van der Waals surface area contributed by atoms with Crippen molar-refractivity contribution in [2.75, 3.05) is 14.2 Å². The highest BCUT2D eigenvalue weighted by molar-refractivity contribution is 6.42. The van der Waals surface area contributed by atoms with Crippen molar-refractivity contribution in [3.8, 4) is 0 Å². The lowest BCUT2D eigenvalue weighted by atomic mass is 11.8. The molecule has 0 amide bonds. The summed E-state index contributed by atoms with van der Waals surface area (Å²) in [6.45, 7) is 1.88. The summed E-state index contributed by atoms with van der Waals surface area (Å²) in [4.78, 5) is 4.33. The second-order valence-electron chi connectivity index (χ2n) is 1.07. The number of hydrogen-bond donors (Lipinski definition) is 0.